The van der Waals surface area contributed by atoms with Crippen LogP contribution in [0, 0.1) is 45.3 Å². The van der Waals surface area contributed by atoms with Gasteiger partial charge in [-0.2, -0.15) is 0 Å². The molecule has 0 aromatic carbocycles. The van der Waals surface area contributed by atoms with E-state index in [4.69, 9.17) is 4.74 Å². The lowest BCUT2D eigenvalue weighted by molar-refractivity contribution is -0.168. The Morgan fingerprint density at radius 3 is 2.32 bits per heavy atom. The number of carbonyl (C=O) groups excluding carboxylic acids is 1. The van der Waals surface area contributed by atoms with Gasteiger partial charge in [-0.05, 0) is 93.3 Å². The molecule has 0 heterocycles. The van der Waals surface area contributed by atoms with E-state index in [1.165, 1.54) is 12.5 Å². The number of carbonyl (C=O) groups is 2. The van der Waals surface area contributed by atoms with Gasteiger partial charge in [-0.15, -0.1) is 0 Å². The standard InChI is InChI=1S/C33H52O5/c1-19(21(3)29(36)37)10-11-20(2)23-14-17-32(8)24-12-13-26-30(5,6)28(38-22(4)34)15-16-31(26,7)25(24)18-27(35)33(23,32)9/h20-21,23,26-28,35H,1,10-18H2,2-9H3,(H,36,37)/t20-,21+,23-,26?,27+,28-,31-,32+,33+/m1/s1. The maximum absolute atomic E-state index is 12.0. The first-order valence-electron chi connectivity index (χ1n) is 15.0. The third-order valence-corrected chi connectivity index (χ3v) is 12.7. The summed E-state index contributed by atoms with van der Waals surface area (Å²) >= 11 is 0. The molecule has 4 aliphatic carbocycles. The molecule has 0 saturated heterocycles. The summed E-state index contributed by atoms with van der Waals surface area (Å²) in [5, 5.41) is 21.4. The zero-order chi connectivity index (χ0) is 28.4. The fraction of sp³-hybridized carbons (Fsp3) is 0.818. The van der Waals surface area contributed by atoms with Crippen molar-refractivity contribution in [2.24, 2.45) is 45.3 Å². The van der Waals surface area contributed by atoms with Crippen LogP contribution in [0.15, 0.2) is 23.3 Å². The average Bonchev–Trinajstić information content (AvgIpc) is 3.12. The van der Waals surface area contributed by atoms with Crippen molar-refractivity contribution in [1.29, 1.82) is 0 Å². The highest BCUT2D eigenvalue weighted by molar-refractivity contribution is 5.72. The van der Waals surface area contributed by atoms with Crippen molar-refractivity contribution in [2.75, 3.05) is 0 Å². The van der Waals surface area contributed by atoms with Crippen molar-refractivity contribution in [3.05, 3.63) is 23.3 Å². The number of hydrogen-bond donors (Lipinski definition) is 2. The maximum atomic E-state index is 12.0. The Labute approximate surface area is 230 Å². The largest absolute Gasteiger partial charge is 0.481 e. The minimum Gasteiger partial charge on any atom is -0.481 e. The lowest BCUT2D eigenvalue weighted by Crippen LogP contribution is -2.58. The predicted molar refractivity (Wildman–Crippen MR) is 150 cm³/mol. The lowest BCUT2D eigenvalue weighted by atomic mass is 9.42. The first-order chi connectivity index (χ1) is 17.5. The summed E-state index contributed by atoms with van der Waals surface area (Å²) in [5.74, 6) is -0.307. The summed E-state index contributed by atoms with van der Waals surface area (Å²) in [6.07, 6.45) is 8.18. The van der Waals surface area contributed by atoms with Crippen molar-refractivity contribution in [3.63, 3.8) is 0 Å². The molecule has 0 aliphatic heterocycles. The third kappa shape index (κ3) is 4.21. The van der Waals surface area contributed by atoms with E-state index < -0.39 is 18.0 Å². The van der Waals surface area contributed by atoms with E-state index in [1.807, 2.05) is 0 Å². The summed E-state index contributed by atoms with van der Waals surface area (Å²) in [7, 11) is 0. The molecule has 2 N–H and O–H groups in total. The first-order valence-corrected chi connectivity index (χ1v) is 15.0. The summed E-state index contributed by atoms with van der Waals surface area (Å²) in [5.41, 5.74) is 3.60. The first kappa shape index (κ1) is 29.4. The SMILES string of the molecule is C=C(CC[C@@H](C)[C@H]1CC[C@@]2(C)C3=C(C[C@H](O)[C@]12C)[C@@]1(C)CC[C@@H](OC(C)=O)C(C)(C)C1CC3)[C@H](C)C(=O)O. The molecular formula is C33H52O5. The molecule has 4 rings (SSSR count). The molecule has 0 amide bonds. The summed E-state index contributed by atoms with van der Waals surface area (Å²) in [6, 6.07) is 0. The molecule has 1 unspecified atom stereocenters. The zero-order valence-corrected chi connectivity index (χ0v) is 25.2. The number of rotatable bonds is 7. The van der Waals surface area contributed by atoms with E-state index in [2.05, 4.69) is 48.1 Å². The van der Waals surface area contributed by atoms with Gasteiger partial charge in [0, 0.05) is 17.8 Å². The van der Waals surface area contributed by atoms with Crippen LogP contribution in [0.25, 0.3) is 0 Å². The molecule has 2 fully saturated rings. The van der Waals surface area contributed by atoms with Gasteiger partial charge in [-0.25, -0.2) is 0 Å². The van der Waals surface area contributed by atoms with E-state index >= 15 is 0 Å². The van der Waals surface area contributed by atoms with E-state index in [1.54, 1.807) is 12.5 Å². The fourth-order valence-corrected chi connectivity index (χ4v) is 10.0. The highest BCUT2D eigenvalue weighted by Crippen LogP contribution is 2.72. The Balaban J connectivity index is 1.62. The normalized spacial score (nSPS) is 41.4. The van der Waals surface area contributed by atoms with Crippen molar-refractivity contribution < 1.29 is 24.5 Å². The van der Waals surface area contributed by atoms with Crippen molar-refractivity contribution in [3.8, 4) is 0 Å². The van der Waals surface area contributed by atoms with Crippen LogP contribution < -0.4 is 0 Å². The molecule has 0 bridgehead atoms. The molecule has 4 aliphatic rings. The van der Waals surface area contributed by atoms with Crippen molar-refractivity contribution >= 4 is 11.9 Å². The van der Waals surface area contributed by atoms with Gasteiger partial charge in [0.1, 0.15) is 6.10 Å². The van der Waals surface area contributed by atoms with Gasteiger partial charge in [0.25, 0.3) is 0 Å². The van der Waals surface area contributed by atoms with Gasteiger partial charge >= 0.3 is 11.9 Å². The Morgan fingerprint density at radius 2 is 1.71 bits per heavy atom. The van der Waals surface area contributed by atoms with Crippen molar-refractivity contribution in [2.45, 2.75) is 125 Å². The van der Waals surface area contributed by atoms with Crippen molar-refractivity contribution in [1.82, 2.24) is 0 Å². The van der Waals surface area contributed by atoms with Crippen LogP contribution in [0.4, 0.5) is 0 Å². The second-order valence-corrected chi connectivity index (χ2v) is 14.6. The quantitative estimate of drug-likeness (QED) is 0.267. The fourth-order valence-electron chi connectivity index (χ4n) is 10.0. The molecule has 38 heavy (non-hydrogen) atoms. The highest BCUT2D eigenvalue weighted by Gasteiger charge is 2.66. The molecule has 0 spiro atoms. The molecule has 0 aromatic heterocycles. The maximum Gasteiger partial charge on any atom is 0.310 e. The van der Waals surface area contributed by atoms with Gasteiger partial charge in [0.15, 0.2) is 0 Å². The number of carboxylic acid groups (broad SMARTS) is 1. The number of carboxylic acids is 1. The summed E-state index contributed by atoms with van der Waals surface area (Å²) < 4.78 is 5.83. The number of esters is 1. The number of aliphatic carboxylic acids is 1. The number of ether oxygens (including phenoxy) is 1. The monoisotopic (exact) mass is 528 g/mol. The van der Waals surface area contributed by atoms with E-state index in [0.717, 1.165) is 63.4 Å². The Bertz CT molecular complexity index is 1020. The number of aliphatic hydroxyl groups is 1. The van der Waals surface area contributed by atoms with Crippen LogP contribution >= 0.6 is 0 Å². The van der Waals surface area contributed by atoms with Crippen LogP contribution in [0.2, 0.25) is 0 Å². The third-order valence-electron chi connectivity index (χ3n) is 12.7. The number of allylic oxidation sites excluding steroid dienone is 1. The van der Waals surface area contributed by atoms with Gasteiger partial charge < -0.3 is 14.9 Å². The predicted octanol–water partition coefficient (Wildman–Crippen LogP) is 7.33. The molecule has 0 radical (unpaired) electrons. The second kappa shape index (κ2) is 9.78. The molecule has 2 saturated carbocycles. The van der Waals surface area contributed by atoms with Gasteiger partial charge in [-0.1, -0.05) is 64.8 Å². The van der Waals surface area contributed by atoms with E-state index in [-0.39, 0.29) is 33.7 Å². The number of fused-ring (bicyclic) bond motifs is 4. The Kier molecular flexibility index (Phi) is 7.56. The average molecular weight is 529 g/mol. The van der Waals surface area contributed by atoms with Crippen LogP contribution in [0.1, 0.15) is 113 Å². The van der Waals surface area contributed by atoms with E-state index in [0.29, 0.717) is 17.8 Å². The molecular weight excluding hydrogens is 476 g/mol. The van der Waals surface area contributed by atoms with Crippen LogP contribution in [0.5, 0.6) is 0 Å². The molecule has 214 valence electrons. The molecule has 5 heteroatoms. The lowest BCUT2D eigenvalue weighted by Gasteiger charge is -2.63. The van der Waals surface area contributed by atoms with Gasteiger partial charge in [0.2, 0.25) is 0 Å². The Hall–Kier alpha value is -1.62. The molecule has 9 atom stereocenters. The topological polar surface area (TPSA) is 83.8 Å². The highest BCUT2D eigenvalue weighted by atomic mass is 16.5. The van der Waals surface area contributed by atoms with Crippen LogP contribution in [-0.4, -0.2) is 34.4 Å². The van der Waals surface area contributed by atoms with E-state index in [9.17, 15) is 19.8 Å². The van der Waals surface area contributed by atoms with Gasteiger partial charge in [0.05, 0.1) is 12.0 Å². The number of hydrogen-bond acceptors (Lipinski definition) is 4. The van der Waals surface area contributed by atoms with Crippen LogP contribution in [-0.2, 0) is 14.3 Å². The number of aliphatic hydroxyl groups excluding tert-OH is 1. The summed E-state index contributed by atoms with van der Waals surface area (Å²) in [6.45, 7) is 21.4. The minimum absolute atomic E-state index is 0.0213. The van der Waals surface area contributed by atoms with Gasteiger partial charge in [-0.3, -0.25) is 9.59 Å². The molecule has 0 aromatic rings. The summed E-state index contributed by atoms with van der Waals surface area (Å²) in [4.78, 5) is 23.3. The molecule has 5 nitrogen and oxygen atoms in total. The minimum atomic E-state index is -0.806. The van der Waals surface area contributed by atoms with Crippen LogP contribution in [0.3, 0.4) is 0 Å². The second-order valence-electron chi connectivity index (χ2n) is 14.6. The zero-order valence-electron chi connectivity index (χ0n) is 25.2. The Morgan fingerprint density at radius 1 is 1.05 bits per heavy atom. The smallest absolute Gasteiger partial charge is 0.310 e.